The molecule has 44 heavy (non-hydrogen) atoms. The second-order valence-corrected chi connectivity index (χ2v) is 12.9. The van der Waals surface area contributed by atoms with Crippen molar-refractivity contribution in [2.75, 3.05) is 54.9 Å². The maximum atomic E-state index is 13.8. The van der Waals surface area contributed by atoms with Crippen LogP contribution in [-0.2, 0) is 9.47 Å². The summed E-state index contributed by atoms with van der Waals surface area (Å²) >= 11 is 0. The summed E-state index contributed by atoms with van der Waals surface area (Å²) in [6.45, 7) is -1.87. The van der Waals surface area contributed by atoms with E-state index in [1.54, 1.807) is 48.3 Å². The third-order valence-electron chi connectivity index (χ3n) is 12.1. The minimum atomic E-state index is -1.23. The summed E-state index contributed by atoms with van der Waals surface area (Å²) in [5.74, 6) is 0.0990. The van der Waals surface area contributed by atoms with Gasteiger partial charge >= 0.3 is 12.2 Å². The largest absolute Gasteiger partial charge is 0.497 e. The molecule has 2 aliphatic carbocycles. The van der Waals surface area contributed by atoms with Gasteiger partial charge in [0.15, 0.2) is 0 Å². The van der Waals surface area contributed by atoms with Gasteiger partial charge in [0.2, 0.25) is 0 Å². The van der Waals surface area contributed by atoms with E-state index in [-0.39, 0.29) is 0 Å². The summed E-state index contributed by atoms with van der Waals surface area (Å²) in [4.78, 5) is 30.8. The highest BCUT2D eigenvalue weighted by Gasteiger charge is 3.01. The van der Waals surface area contributed by atoms with Crippen LogP contribution in [0.2, 0.25) is 0 Å². The maximum Gasteiger partial charge on any atom is 0.410 e. The van der Waals surface area contributed by atoms with Gasteiger partial charge in [0.25, 0.3) is 0 Å². The van der Waals surface area contributed by atoms with Crippen LogP contribution >= 0.6 is 0 Å². The van der Waals surface area contributed by atoms with Crippen molar-refractivity contribution >= 4 is 12.2 Å². The van der Waals surface area contributed by atoms with Crippen LogP contribution in [0.4, 0.5) is 9.59 Å². The zero-order chi connectivity index (χ0) is 31.4. The van der Waals surface area contributed by atoms with E-state index in [1.165, 1.54) is 14.2 Å². The number of ether oxygens (including phenoxy) is 4. The Morgan fingerprint density at radius 3 is 1.05 bits per heavy atom. The molecule has 0 aromatic heterocycles. The molecule has 2 aromatic carbocycles. The van der Waals surface area contributed by atoms with Crippen LogP contribution in [0.1, 0.15) is 23.0 Å². The quantitative estimate of drug-likeness (QED) is 0.342. The van der Waals surface area contributed by atoms with E-state index in [0.717, 1.165) is 11.1 Å². The van der Waals surface area contributed by atoms with E-state index in [2.05, 4.69) is 0 Å². The second kappa shape index (κ2) is 9.46. The first-order valence-corrected chi connectivity index (χ1v) is 14.7. The van der Waals surface area contributed by atoms with Crippen LogP contribution in [-0.4, -0.2) is 121 Å². The summed E-state index contributed by atoms with van der Waals surface area (Å²) in [7, 11) is 5.65. The van der Waals surface area contributed by atoms with Gasteiger partial charge in [0.05, 0.1) is 79.0 Å². The van der Waals surface area contributed by atoms with Crippen LogP contribution in [0.25, 0.3) is 0 Å². The highest BCUT2D eigenvalue weighted by Crippen LogP contribution is 2.91. The number of benzene rings is 2. The number of piperidine rings is 4. The molecule has 6 fully saturated rings. The molecule has 8 rings (SSSR count). The standard InChI is InChI=1S/C32H38N2O10/c1-41-19-9-5-17(6-10-19)21-29(13-35)23-31(15-37)22(18-7-11-20(42-2)12-8-18)32(16-38)24(33(23)27(39)43-3)30(21,14-36)26(32)34(25(29)31)28(40)44-4/h5-12,21-26,35-38H,13-16H2,1-4H3. The fourth-order valence-corrected chi connectivity index (χ4v) is 11.6. The molecule has 2 saturated carbocycles. The van der Waals surface area contributed by atoms with Gasteiger partial charge in [-0.2, -0.15) is 0 Å². The molecule has 2 amide bonds. The molecule has 0 spiro atoms. The van der Waals surface area contributed by atoms with Crippen molar-refractivity contribution in [3.8, 4) is 11.5 Å². The first kappa shape index (κ1) is 29.1. The molecule has 0 unspecified atom stereocenters. The first-order valence-electron chi connectivity index (χ1n) is 14.7. The van der Waals surface area contributed by atoms with E-state index in [1.807, 2.05) is 24.3 Å². The summed E-state index contributed by atoms with van der Waals surface area (Å²) in [5, 5.41) is 46.2. The Bertz CT molecular complexity index is 1300. The molecule has 4 aliphatic heterocycles. The number of nitrogens with zero attached hydrogens (tertiary/aromatic N) is 2. The maximum absolute atomic E-state index is 13.8. The molecule has 2 aromatic rings. The van der Waals surface area contributed by atoms with Gasteiger partial charge in [-0.15, -0.1) is 0 Å². The molecule has 12 heteroatoms. The zero-order valence-corrected chi connectivity index (χ0v) is 25.0. The Labute approximate surface area is 254 Å². The summed E-state index contributed by atoms with van der Waals surface area (Å²) in [6.07, 6.45) is -1.37. The molecule has 8 bridgehead atoms. The highest BCUT2D eigenvalue weighted by atomic mass is 16.5. The lowest BCUT2D eigenvalue weighted by Crippen LogP contribution is -3.08. The minimum Gasteiger partial charge on any atom is -0.497 e. The van der Waals surface area contributed by atoms with Crippen molar-refractivity contribution in [2.24, 2.45) is 21.7 Å². The Kier molecular flexibility index (Phi) is 6.27. The average Bonchev–Trinajstić information content (AvgIpc) is 3.05. The number of methoxy groups -OCH3 is 4. The van der Waals surface area contributed by atoms with Crippen LogP contribution in [0.15, 0.2) is 48.5 Å². The Balaban J connectivity index is 1.59. The van der Waals surface area contributed by atoms with Crippen LogP contribution in [0, 0.1) is 21.7 Å². The number of hydrogen-bond acceptors (Lipinski definition) is 10. The average molecular weight is 611 g/mol. The zero-order valence-electron chi connectivity index (χ0n) is 25.0. The third-order valence-corrected chi connectivity index (χ3v) is 12.1. The molecule has 6 aliphatic rings. The fourth-order valence-electron chi connectivity index (χ4n) is 11.6. The van der Waals surface area contributed by atoms with Crippen molar-refractivity contribution < 1.29 is 49.0 Å². The van der Waals surface area contributed by atoms with Gasteiger partial charge in [-0.25, -0.2) is 9.59 Å². The van der Waals surface area contributed by atoms with Crippen molar-refractivity contribution in [3.05, 3.63) is 59.7 Å². The molecule has 4 saturated heterocycles. The predicted octanol–water partition coefficient (Wildman–Crippen LogP) is 1.17. The van der Waals surface area contributed by atoms with E-state index in [4.69, 9.17) is 18.9 Å². The minimum absolute atomic E-state index is 0.468. The van der Waals surface area contributed by atoms with Crippen LogP contribution < -0.4 is 9.47 Å². The third kappa shape index (κ3) is 2.73. The number of aliphatic hydroxyl groups is 4. The predicted molar refractivity (Wildman–Crippen MR) is 153 cm³/mol. The number of aliphatic hydroxyl groups excluding tert-OH is 4. The van der Waals surface area contributed by atoms with Crippen LogP contribution in [0.3, 0.4) is 0 Å². The number of carbonyl (C=O) groups is 2. The second-order valence-electron chi connectivity index (χ2n) is 12.9. The number of carbonyl (C=O) groups excluding carboxylic acids is 2. The highest BCUT2D eigenvalue weighted by molar-refractivity contribution is 5.78. The Hall–Kier alpha value is -3.58. The molecule has 0 atom stereocenters. The summed E-state index contributed by atoms with van der Waals surface area (Å²) in [5.41, 5.74) is -3.36. The Morgan fingerprint density at radius 1 is 0.568 bits per heavy atom. The topological polar surface area (TPSA) is 158 Å². The fraction of sp³-hybridized carbons (Fsp3) is 0.562. The van der Waals surface area contributed by atoms with Crippen LogP contribution in [0.5, 0.6) is 11.5 Å². The van der Waals surface area contributed by atoms with E-state index < -0.39 is 96.3 Å². The monoisotopic (exact) mass is 610 g/mol. The Morgan fingerprint density at radius 2 is 0.841 bits per heavy atom. The lowest BCUT2D eigenvalue weighted by Gasteiger charge is -2.97. The van der Waals surface area contributed by atoms with Gasteiger partial charge in [0.1, 0.15) is 11.5 Å². The molecule has 0 radical (unpaired) electrons. The molecular formula is C32H38N2O10. The summed E-state index contributed by atoms with van der Waals surface area (Å²) in [6, 6.07) is 11.4. The number of hydrogen-bond donors (Lipinski definition) is 4. The molecule has 236 valence electrons. The lowest BCUT2D eigenvalue weighted by atomic mass is 9.16. The molecule has 4 heterocycles. The summed E-state index contributed by atoms with van der Waals surface area (Å²) < 4.78 is 21.5. The number of rotatable bonds is 8. The van der Waals surface area contributed by atoms with E-state index >= 15 is 0 Å². The van der Waals surface area contributed by atoms with Crippen molar-refractivity contribution in [1.82, 2.24) is 9.80 Å². The molecule has 12 nitrogen and oxygen atoms in total. The smallest absolute Gasteiger partial charge is 0.410 e. The van der Waals surface area contributed by atoms with E-state index in [0.29, 0.717) is 11.5 Å². The van der Waals surface area contributed by atoms with Gasteiger partial charge in [-0.05, 0) is 35.4 Å². The van der Waals surface area contributed by atoms with Crippen molar-refractivity contribution in [3.63, 3.8) is 0 Å². The van der Waals surface area contributed by atoms with Crippen molar-refractivity contribution in [2.45, 2.75) is 36.0 Å². The van der Waals surface area contributed by atoms with Crippen molar-refractivity contribution in [1.29, 1.82) is 0 Å². The number of amides is 2. The van der Waals surface area contributed by atoms with E-state index in [9.17, 15) is 30.0 Å². The van der Waals surface area contributed by atoms with Gasteiger partial charge < -0.3 is 39.4 Å². The van der Waals surface area contributed by atoms with Gasteiger partial charge in [-0.1, -0.05) is 24.3 Å². The SMILES string of the molecule is COC(=O)N1C2C3(CO)C(c4ccc(OC)cc4)C4(CO)C1C1(CO)C(c5ccc(OC)cc5)C2(CO)C3N(C(=O)OC)C41. The van der Waals surface area contributed by atoms with Gasteiger partial charge in [-0.3, -0.25) is 9.80 Å². The van der Waals surface area contributed by atoms with Gasteiger partial charge in [0, 0.05) is 33.5 Å². The molecular weight excluding hydrogens is 572 g/mol. The normalized spacial score (nSPS) is 40.2. The molecule has 4 N–H and O–H groups in total. The lowest BCUT2D eigenvalue weighted by molar-refractivity contribution is -0.474. The first-order chi connectivity index (χ1) is 21.3.